The van der Waals surface area contributed by atoms with Gasteiger partial charge in [-0.3, -0.25) is 4.79 Å². The van der Waals surface area contributed by atoms with E-state index in [0.29, 0.717) is 6.54 Å². The average Bonchev–Trinajstić information content (AvgIpc) is 3.03. The van der Waals surface area contributed by atoms with E-state index < -0.39 is 6.04 Å². The van der Waals surface area contributed by atoms with Crippen molar-refractivity contribution in [2.45, 2.75) is 25.3 Å². The monoisotopic (exact) mass is 326 g/mol. The highest BCUT2D eigenvalue weighted by molar-refractivity contribution is 5.81. The topological polar surface area (TPSA) is 73.6 Å². The SMILES string of the molecule is CC(C)(CNC(C(N)=O)c1ccccc1)c1ccc2c(c1)OCO2. The summed E-state index contributed by atoms with van der Waals surface area (Å²) in [5.41, 5.74) is 7.34. The molecule has 1 aliphatic heterocycles. The molecule has 0 aromatic heterocycles. The maximum atomic E-state index is 11.8. The Kier molecular flexibility index (Phi) is 4.44. The van der Waals surface area contributed by atoms with Gasteiger partial charge in [0, 0.05) is 12.0 Å². The van der Waals surface area contributed by atoms with E-state index in [1.165, 1.54) is 0 Å². The molecule has 0 bridgehead atoms. The summed E-state index contributed by atoms with van der Waals surface area (Å²) >= 11 is 0. The number of ether oxygens (including phenoxy) is 2. The van der Waals surface area contributed by atoms with Gasteiger partial charge in [-0.1, -0.05) is 50.2 Å². The molecule has 0 saturated heterocycles. The van der Waals surface area contributed by atoms with Crippen LogP contribution < -0.4 is 20.5 Å². The van der Waals surface area contributed by atoms with Gasteiger partial charge in [-0.05, 0) is 23.3 Å². The Labute approximate surface area is 141 Å². The number of rotatable bonds is 6. The summed E-state index contributed by atoms with van der Waals surface area (Å²) in [5, 5.41) is 3.30. The number of amides is 1. The van der Waals surface area contributed by atoms with Crippen LogP contribution in [0.4, 0.5) is 0 Å². The summed E-state index contributed by atoms with van der Waals surface area (Å²) in [4.78, 5) is 11.8. The van der Waals surface area contributed by atoms with Crippen LogP contribution in [-0.4, -0.2) is 19.2 Å². The van der Waals surface area contributed by atoms with E-state index >= 15 is 0 Å². The molecule has 2 aromatic rings. The molecule has 3 rings (SSSR count). The third-order valence-electron chi connectivity index (χ3n) is 4.32. The van der Waals surface area contributed by atoms with Crippen molar-refractivity contribution < 1.29 is 14.3 Å². The van der Waals surface area contributed by atoms with E-state index in [9.17, 15) is 4.79 Å². The van der Waals surface area contributed by atoms with Gasteiger partial charge in [-0.15, -0.1) is 0 Å². The Morgan fingerprint density at radius 1 is 1.17 bits per heavy atom. The standard InChI is InChI=1S/C19H22N2O3/c1-19(2,14-8-9-15-16(10-14)24-12-23-15)11-21-17(18(20)22)13-6-4-3-5-7-13/h3-10,17,21H,11-12H2,1-2H3,(H2,20,22). The molecule has 0 spiro atoms. The van der Waals surface area contributed by atoms with Crippen LogP contribution in [0, 0.1) is 0 Å². The second-order valence-corrected chi connectivity index (χ2v) is 6.58. The second kappa shape index (κ2) is 6.53. The summed E-state index contributed by atoms with van der Waals surface area (Å²) in [6, 6.07) is 14.9. The number of hydrogen-bond donors (Lipinski definition) is 2. The molecule has 1 aliphatic rings. The number of carbonyl (C=O) groups excluding carboxylic acids is 1. The zero-order valence-corrected chi connectivity index (χ0v) is 13.9. The molecule has 0 radical (unpaired) electrons. The van der Waals surface area contributed by atoms with Gasteiger partial charge in [0.1, 0.15) is 6.04 Å². The quantitative estimate of drug-likeness (QED) is 0.855. The van der Waals surface area contributed by atoms with Gasteiger partial charge >= 0.3 is 0 Å². The summed E-state index contributed by atoms with van der Waals surface area (Å²) < 4.78 is 10.8. The van der Waals surface area contributed by atoms with Crippen molar-refractivity contribution in [3.8, 4) is 11.5 Å². The summed E-state index contributed by atoms with van der Waals surface area (Å²) in [6.45, 7) is 5.07. The van der Waals surface area contributed by atoms with E-state index in [2.05, 4.69) is 19.2 Å². The van der Waals surface area contributed by atoms with Crippen LogP contribution in [0.25, 0.3) is 0 Å². The van der Waals surface area contributed by atoms with Gasteiger partial charge in [0.15, 0.2) is 11.5 Å². The first-order valence-corrected chi connectivity index (χ1v) is 7.95. The summed E-state index contributed by atoms with van der Waals surface area (Å²) in [5.74, 6) is 1.14. The second-order valence-electron chi connectivity index (χ2n) is 6.58. The summed E-state index contributed by atoms with van der Waals surface area (Å²) in [6.07, 6.45) is 0. The molecule has 0 fully saturated rings. The minimum Gasteiger partial charge on any atom is -0.454 e. The largest absolute Gasteiger partial charge is 0.454 e. The average molecular weight is 326 g/mol. The molecule has 0 saturated carbocycles. The lowest BCUT2D eigenvalue weighted by molar-refractivity contribution is -0.120. The molecular formula is C19H22N2O3. The Morgan fingerprint density at radius 3 is 2.58 bits per heavy atom. The van der Waals surface area contributed by atoms with Crippen molar-refractivity contribution in [3.63, 3.8) is 0 Å². The Balaban J connectivity index is 1.75. The Morgan fingerprint density at radius 2 is 1.88 bits per heavy atom. The fourth-order valence-electron chi connectivity index (χ4n) is 2.80. The third-order valence-corrected chi connectivity index (χ3v) is 4.32. The predicted molar refractivity (Wildman–Crippen MR) is 92.0 cm³/mol. The van der Waals surface area contributed by atoms with Crippen molar-refractivity contribution in [1.29, 1.82) is 0 Å². The highest BCUT2D eigenvalue weighted by atomic mass is 16.7. The lowest BCUT2D eigenvalue weighted by atomic mass is 9.84. The van der Waals surface area contributed by atoms with Gasteiger partial charge < -0.3 is 20.5 Å². The molecular weight excluding hydrogens is 304 g/mol. The lowest BCUT2D eigenvalue weighted by Crippen LogP contribution is -2.40. The number of benzene rings is 2. The molecule has 24 heavy (non-hydrogen) atoms. The molecule has 1 unspecified atom stereocenters. The first-order chi connectivity index (χ1) is 11.5. The van der Waals surface area contributed by atoms with Crippen molar-refractivity contribution in [2.75, 3.05) is 13.3 Å². The minimum absolute atomic E-state index is 0.205. The molecule has 0 aliphatic carbocycles. The molecule has 1 heterocycles. The van der Waals surface area contributed by atoms with E-state index in [1.54, 1.807) is 0 Å². The van der Waals surface area contributed by atoms with Crippen LogP contribution in [-0.2, 0) is 10.2 Å². The molecule has 5 heteroatoms. The highest BCUT2D eigenvalue weighted by Gasteiger charge is 2.26. The molecule has 126 valence electrons. The van der Waals surface area contributed by atoms with Gasteiger partial charge in [0.25, 0.3) is 0 Å². The van der Waals surface area contributed by atoms with Crippen LogP contribution in [0.1, 0.15) is 31.0 Å². The van der Waals surface area contributed by atoms with Crippen LogP contribution in [0.15, 0.2) is 48.5 Å². The first kappa shape index (κ1) is 16.3. The van der Waals surface area contributed by atoms with Crippen LogP contribution in [0.3, 0.4) is 0 Å². The van der Waals surface area contributed by atoms with Crippen LogP contribution in [0.5, 0.6) is 11.5 Å². The molecule has 1 atom stereocenters. The van der Waals surface area contributed by atoms with Crippen molar-refractivity contribution in [3.05, 3.63) is 59.7 Å². The highest BCUT2D eigenvalue weighted by Crippen LogP contribution is 2.36. The fraction of sp³-hybridized carbons (Fsp3) is 0.316. The number of nitrogens with two attached hydrogens (primary N) is 1. The zero-order valence-electron chi connectivity index (χ0n) is 13.9. The first-order valence-electron chi connectivity index (χ1n) is 7.95. The lowest BCUT2D eigenvalue weighted by Gasteiger charge is -2.28. The van der Waals surface area contributed by atoms with Gasteiger partial charge in [-0.2, -0.15) is 0 Å². The molecule has 3 N–H and O–H groups in total. The van der Waals surface area contributed by atoms with Crippen molar-refractivity contribution in [1.82, 2.24) is 5.32 Å². The van der Waals surface area contributed by atoms with E-state index in [4.69, 9.17) is 15.2 Å². The molecule has 5 nitrogen and oxygen atoms in total. The van der Waals surface area contributed by atoms with Gasteiger partial charge in [0.2, 0.25) is 12.7 Å². The molecule has 1 amide bonds. The Bertz CT molecular complexity index is 729. The number of fused-ring (bicyclic) bond motifs is 1. The smallest absolute Gasteiger partial charge is 0.239 e. The number of nitrogens with one attached hydrogen (secondary N) is 1. The van der Waals surface area contributed by atoms with Gasteiger partial charge in [0.05, 0.1) is 0 Å². The third kappa shape index (κ3) is 3.36. The predicted octanol–water partition coefficient (Wildman–Crippen LogP) is 2.51. The zero-order chi connectivity index (χ0) is 17.2. The number of carbonyl (C=O) groups is 1. The maximum absolute atomic E-state index is 11.8. The normalized spacial score (nSPS) is 14.4. The fourth-order valence-corrected chi connectivity index (χ4v) is 2.80. The van der Waals surface area contributed by atoms with Crippen molar-refractivity contribution >= 4 is 5.91 Å². The summed E-state index contributed by atoms with van der Waals surface area (Å²) in [7, 11) is 0. The number of primary amides is 1. The maximum Gasteiger partial charge on any atom is 0.239 e. The van der Waals surface area contributed by atoms with E-state index in [0.717, 1.165) is 22.6 Å². The minimum atomic E-state index is -0.514. The van der Waals surface area contributed by atoms with Gasteiger partial charge in [-0.25, -0.2) is 0 Å². The molecule has 2 aromatic carbocycles. The van der Waals surface area contributed by atoms with E-state index in [-0.39, 0.29) is 18.1 Å². The number of hydrogen-bond acceptors (Lipinski definition) is 4. The van der Waals surface area contributed by atoms with Crippen LogP contribution >= 0.6 is 0 Å². The Hall–Kier alpha value is -2.53. The van der Waals surface area contributed by atoms with Crippen molar-refractivity contribution in [2.24, 2.45) is 5.73 Å². The van der Waals surface area contributed by atoms with Crippen LogP contribution in [0.2, 0.25) is 0 Å². The van der Waals surface area contributed by atoms with E-state index in [1.807, 2.05) is 48.5 Å².